The monoisotopic (exact) mass is 348 g/mol. The summed E-state index contributed by atoms with van der Waals surface area (Å²) in [6.07, 6.45) is 0. The van der Waals surface area contributed by atoms with Gasteiger partial charge in [0.2, 0.25) is 0 Å². The van der Waals surface area contributed by atoms with Crippen LogP contribution in [0.15, 0.2) is 52.8 Å². The molecule has 0 aliphatic carbocycles. The number of hydrogen-bond acceptors (Lipinski definition) is 5. The highest BCUT2D eigenvalue weighted by Crippen LogP contribution is 2.33. The van der Waals surface area contributed by atoms with Gasteiger partial charge in [0.15, 0.2) is 12.1 Å². The SMILES string of the molecule is Cc1ccc(N2C(=O)[C@H]3N=NN(Cc4cc(C)ccc4C)[C@H]3C2=O)cc1. The lowest BCUT2D eigenvalue weighted by Gasteiger charge is -2.21. The number of carbonyl (C=O) groups is 2. The van der Waals surface area contributed by atoms with Gasteiger partial charge < -0.3 is 0 Å². The molecule has 2 aliphatic rings. The van der Waals surface area contributed by atoms with Gasteiger partial charge in [-0.2, -0.15) is 5.11 Å². The van der Waals surface area contributed by atoms with Crippen LogP contribution in [-0.4, -0.2) is 28.9 Å². The number of amides is 2. The Labute approximate surface area is 152 Å². The molecule has 2 aromatic rings. The summed E-state index contributed by atoms with van der Waals surface area (Å²) < 4.78 is 0. The van der Waals surface area contributed by atoms with Crippen LogP contribution in [0.25, 0.3) is 0 Å². The maximum absolute atomic E-state index is 13.0. The normalized spacial score (nSPS) is 21.7. The molecule has 0 saturated carbocycles. The third-order valence-electron chi connectivity index (χ3n) is 4.99. The van der Waals surface area contributed by atoms with E-state index in [1.54, 1.807) is 17.1 Å². The van der Waals surface area contributed by atoms with E-state index in [1.807, 2.05) is 32.9 Å². The molecule has 0 bridgehead atoms. The van der Waals surface area contributed by atoms with Gasteiger partial charge >= 0.3 is 0 Å². The van der Waals surface area contributed by atoms with Crippen molar-refractivity contribution in [2.75, 3.05) is 4.90 Å². The van der Waals surface area contributed by atoms with Crippen molar-refractivity contribution in [2.24, 2.45) is 10.3 Å². The van der Waals surface area contributed by atoms with E-state index in [-0.39, 0.29) is 11.8 Å². The van der Waals surface area contributed by atoms with E-state index < -0.39 is 12.1 Å². The van der Waals surface area contributed by atoms with Crippen LogP contribution in [-0.2, 0) is 16.1 Å². The van der Waals surface area contributed by atoms with Crippen molar-refractivity contribution in [1.82, 2.24) is 5.01 Å². The fourth-order valence-electron chi connectivity index (χ4n) is 3.45. The third kappa shape index (κ3) is 2.58. The van der Waals surface area contributed by atoms with Gasteiger partial charge in [-0.1, -0.05) is 46.7 Å². The summed E-state index contributed by atoms with van der Waals surface area (Å²) >= 11 is 0. The Kier molecular flexibility index (Phi) is 3.83. The number of anilines is 1. The minimum absolute atomic E-state index is 0.265. The molecule has 6 heteroatoms. The number of benzene rings is 2. The zero-order valence-electron chi connectivity index (χ0n) is 15.0. The molecule has 2 amide bonds. The van der Waals surface area contributed by atoms with Crippen LogP contribution in [0.2, 0.25) is 0 Å². The van der Waals surface area contributed by atoms with Crippen LogP contribution in [0.1, 0.15) is 22.3 Å². The zero-order valence-corrected chi connectivity index (χ0v) is 15.0. The molecule has 1 fully saturated rings. The van der Waals surface area contributed by atoms with Crippen LogP contribution in [0.3, 0.4) is 0 Å². The summed E-state index contributed by atoms with van der Waals surface area (Å²) in [6.45, 7) is 6.48. The van der Waals surface area contributed by atoms with Crippen molar-refractivity contribution >= 4 is 17.5 Å². The highest BCUT2D eigenvalue weighted by molar-refractivity contribution is 6.25. The summed E-state index contributed by atoms with van der Waals surface area (Å²) in [5, 5.41) is 9.85. The van der Waals surface area contributed by atoms with Gasteiger partial charge in [0.1, 0.15) is 0 Å². The molecule has 0 unspecified atom stereocenters. The molecule has 26 heavy (non-hydrogen) atoms. The maximum Gasteiger partial charge on any atom is 0.263 e. The van der Waals surface area contributed by atoms with E-state index in [4.69, 9.17) is 0 Å². The summed E-state index contributed by atoms with van der Waals surface area (Å²) in [5.41, 5.74) is 5.01. The lowest BCUT2D eigenvalue weighted by molar-refractivity contribution is -0.123. The maximum atomic E-state index is 13.0. The first kappa shape index (κ1) is 16.4. The van der Waals surface area contributed by atoms with Crippen molar-refractivity contribution in [1.29, 1.82) is 0 Å². The Bertz CT molecular complexity index is 920. The molecule has 0 aromatic heterocycles. The zero-order chi connectivity index (χ0) is 18.4. The predicted molar refractivity (Wildman–Crippen MR) is 97.6 cm³/mol. The van der Waals surface area contributed by atoms with Gasteiger partial charge in [0.05, 0.1) is 12.2 Å². The number of imide groups is 1. The highest BCUT2D eigenvalue weighted by atomic mass is 16.2. The number of aryl methyl sites for hydroxylation is 3. The molecule has 4 rings (SSSR count). The largest absolute Gasteiger partial charge is 0.271 e. The van der Waals surface area contributed by atoms with Crippen LogP contribution >= 0.6 is 0 Å². The summed E-state index contributed by atoms with van der Waals surface area (Å²) in [6, 6.07) is 12.1. The van der Waals surface area contributed by atoms with Gasteiger partial charge in [-0.15, -0.1) is 0 Å². The average molecular weight is 348 g/mol. The first-order chi connectivity index (χ1) is 12.5. The van der Waals surface area contributed by atoms with Gasteiger partial charge in [-0.05, 0) is 44.0 Å². The fourth-order valence-corrected chi connectivity index (χ4v) is 3.45. The van der Waals surface area contributed by atoms with Crippen LogP contribution < -0.4 is 4.90 Å². The number of fused-ring (bicyclic) bond motifs is 1. The van der Waals surface area contributed by atoms with Crippen molar-refractivity contribution in [3.05, 3.63) is 64.7 Å². The first-order valence-corrected chi connectivity index (χ1v) is 8.64. The van der Waals surface area contributed by atoms with Gasteiger partial charge in [-0.3, -0.25) is 14.6 Å². The van der Waals surface area contributed by atoms with Crippen molar-refractivity contribution in [3.63, 3.8) is 0 Å². The number of hydrogen-bond donors (Lipinski definition) is 0. The quantitative estimate of drug-likeness (QED) is 0.801. The Morgan fingerprint density at radius 2 is 1.62 bits per heavy atom. The molecule has 2 heterocycles. The van der Waals surface area contributed by atoms with Crippen LogP contribution in [0, 0.1) is 20.8 Å². The Morgan fingerprint density at radius 3 is 2.35 bits per heavy atom. The molecule has 6 nitrogen and oxygen atoms in total. The minimum Gasteiger partial charge on any atom is -0.271 e. The first-order valence-electron chi connectivity index (χ1n) is 8.64. The lowest BCUT2D eigenvalue weighted by atomic mass is 10.0. The van der Waals surface area contributed by atoms with Gasteiger partial charge in [0.25, 0.3) is 11.8 Å². The van der Waals surface area contributed by atoms with E-state index >= 15 is 0 Å². The standard InChI is InChI=1S/C20H20N4O2/c1-12-5-8-16(9-6-12)24-19(25)17-18(20(24)26)23(22-21-17)11-15-10-13(2)4-7-14(15)3/h4-10,17-18H,11H2,1-3H3/t17-,18+/m0/s1. The second kappa shape index (κ2) is 6.05. The van der Waals surface area contributed by atoms with E-state index in [2.05, 4.69) is 28.5 Å². The number of nitrogens with zero attached hydrogens (tertiary/aromatic N) is 4. The van der Waals surface area contributed by atoms with E-state index in [0.717, 1.165) is 22.3 Å². The minimum atomic E-state index is -0.756. The van der Waals surface area contributed by atoms with Crippen molar-refractivity contribution in [2.45, 2.75) is 39.4 Å². The Morgan fingerprint density at radius 1 is 0.923 bits per heavy atom. The van der Waals surface area contributed by atoms with Crippen LogP contribution in [0.4, 0.5) is 5.69 Å². The third-order valence-corrected chi connectivity index (χ3v) is 4.99. The second-order valence-corrected chi connectivity index (χ2v) is 6.97. The van der Waals surface area contributed by atoms with Crippen LogP contribution in [0.5, 0.6) is 0 Å². The Hall–Kier alpha value is -3.02. The number of rotatable bonds is 3. The van der Waals surface area contributed by atoms with E-state index in [0.29, 0.717) is 12.2 Å². The predicted octanol–water partition coefficient (Wildman–Crippen LogP) is 3.11. The van der Waals surface area contributed by atoms with Crippen molar-refractivity contribution in [3.8, 4) is 0 Å². The molecule has 2 atom stereocenters. The van der Waals surface area contributed by atoms with E-state index in [9.17, 15) is 9.59 Å². The molecule has 0 N–H and O–H groups in total. The Balaban J connectivity index is 1.62. The summed E-state index contributed by atoms with van der Waals surface area (Å²) in [7, 11) is 0. The highest BCUT2D eigenvalue weighted by Gasteiger charge is 2.54. The fraction of sp³-hybridized carbons (Fsp3) is 0.300. The molecule has 132 valence electrons. The molecule has 0 radical (unpaired) electrons. The molecular weight excluding hydrogens is 328 g/mol. The molecule has 0 spiro atoms. The summed E-state index contributed by atoms with van der Waals surface area (Å²) in [5.74, 6) is -0.574. The molecule has 1 saturated heterocycles. The smallest absolute Gasteiger partial charge is 0.263 e. The summed E-state index contributed by atoms with van der Waals surface area (Å²) in [4.78, 5) is 26.9. The lowest BCUT2D eigenvalue weighted by Crippen LogP contribution is -2.39. The topological polar surface area (TPSA) is 65.3 Å². The molecule has 2 aromatic carbocycles. The number of carbonyl (C=O) groups excluding carboxylic acids is 2. The van der Waals surface area contributed by atoms with Gasteiger partial charge in [-0.25, -0.2) is 4.90 Å². The van der Waals surface area contributed by atoms with Gasteiger partial charge in [0, 0.05) is 0 Å². The van der Waals surface area contributed by atoms with E-state index in [1.165, 1.54) is 4.90 Å². The molecular formula is C20H20N4O2. The molecule has 2 aliphatic heterocycles. The average Bonchev–Trinajstić information content (AvgIpc) is 3.13. The second-order valence-electron chi connectivity index (χ2n) is 6.97. The van der Waals surface area contributed by atoms with Crippen molar-refractivity contribution < 1.29 is 9.59 Å².